The van der Waals surface area contributed by atoms with Crippen LogP contribution in [0, 0.1) is 0 Å². The predicted molar refractivity (Wildman–Crippen MR) is 147 cm³/mol. The number of benzene rings is 2. The molecule has 1 heterocycles. The summed E-state index contributed by atoms with van der Waals surface area (Å²) in [5.41, 5.74) is 1.67. The van der Waals surface area contributed by atoms with Crippen LogP contribution in [0.15, 0.2) is 51.4 Å². The van der Waals surface area contributed by atoms with Gasteiger partial charge >= 0.3 is 0 Å². The first-order valence-electron chi connectivity index (χ1n) is 11.4. The molecule has 1 aliphatic carbocycles. The number of hydrogen-bond acceptors (Lipinski definition) is 4. The van der Waals surface area contributed by atoms with Crippen LogP contribution in [0.25, 0.3) is 0 Å². The smallest absolute Gasteiger partial charge is 0.148 e. The van der Waals surface area contributed by atoms with Gasteiger partial charge in [0.05, 0.1) is 14.5 Å². The van der Waals surface area contributed by atoms with Crippen molar-refractivity contribution in [2.45, 2.75) is 50.2 Å². The second-order valence-electron chi connectivity index (χ2n) is 8.86. The Morgan fingerprint density at radius 2 is 1.58 bits per heavy atom. The number of aliphatic hydroxyl groups is 1. The average Bonchev–Trinajstić information content (AvgIpc) is 2.78. The second-order valence-corrected chi connectivity index (χ2v) is 10.6. The van der Waals surface area contributed by atoms with Crippen LogP contribution in [0.2, 0.25) is 0 Å². The van der Waals surface area contributed by atoms with E-state index in [9.17, 15) is 5.11 Å². The molecular formula is C25H34Br2Cl2N2O2. The molecule has 184 valence electrons. The zero-order valence-corrected chi connectivity index (χ0v) is 23.6. The monoisotopic (exact) mass is 622 g/mol. The van der Waals surface area contributed by atoms with Gasteiger partial charge in [-0.2, -0.15) is 0 Å². The van der Waals surface area contributed by atoms with Gasteiger partial charge in [-0.25, -0.2) is 0 Å². The third-order valence-corrected chi connectivity index (χ3v) is 7.85. The molecule has 2 N–H and O–H groups in total. The van der Waals surface area contributed by atoms with E-state index in [1.54, 1.807) is 0 Å². The number of ether oxygens (including phenoxy) is 1. The van der Waals surface area contributed by atoms with Crippen molar-refractivity contribution in [3.63, 3.8) is 0 Å². The number of rotatable bonds is 7. The standard InChI is InChI=1S/C25H32Br2N2O2.2ClH/c26-22-15-20(16-23(27)24(22)31-18-19-7-3-1-4-8-19)21(17-29-13-11-28-12-14-29)25(30)9-5-2-6-10-25;;/h1,3-4,7-8,15-16,21,28,30H,2,5-6,9-14,17-18H2;2*1H. The molecule has 4 rings (SSSR count). The minimum absolute atomic E-state index is 0. The first-order chi connectivity index (χ1) is 15.0. The van der Waals surface area contributed by atoms with Gasteiger partial charge in [-0.15, -0.1) is 24.8 Å². The van der Waals surface area contributed by atoms with Gasteiger partial charge in [-0.1, -0.05) is 49.6 Å². The SMILES string of the molecule is Cl.Cl.OC1(C(CN2CCNCC2)c2cc(Br)c(OCc3ccccc3)c(Br)c2)CCCCC1. The first kappa shape index (κ1) is 28.9. The molecule has 0 aromatic heterocycles. The van der Waals surface area contributed by atoms with Crippen LogP contribution in [-0.4, -0.2) is 48.3 Å². The van der Waals surface area contributed by atoms with Gasteiger partial charge in [-0.05, 0) is 68.0 Å². The first-order valence-corrected chi connectivity index (χ1v) is 12.9. The van der Waals surface area contributed by atoms with E-state index in [0.29, 0.717) is 6.61 Å². The fourth-order valence-electron chi connectivity index (χ4n) is 4.90. The summed E-state index contributed by atoms with van der Waals surface area (Å²) in [7, 11) is 0. The zero-order chi connectivity index (χ0) is 21.7. The van der Waals surface area contributed by atoms with E-state index < -0.39 is 5.60 Å². The number of halogens is 4. The van der Waals surface area contributed by atoms with E-state index in [1.807, 2.05) is 18.2 Å². The molecule has 33 heavy (non-hydrogen) atoms. The summed E-state index contributed by atoms with van der Waals surface area (Å²) in [5.74, 6) is 0.894. The van der Waals surface area contributed by atoms with Crippen molar-refractivity contribution in [3.05, 3.63) is 62.5 Å². The van der Waals surface area contributed by atoms with Gasteiger partial charge in [-0.3, -0.25) is 0 Å². The molecule has 0 bridgehead atoms. The third-order valence-electron chi connectivity index (χ3n) is 6.67. The van der Waals surface area contributed by atoms with Crippen LogP contribution in [0.4, 0.5) is 0 Å². The summed E-state index contributed by atoms with van der Waals surface area (Å²) in [6.07, 6.45) is 5.20. The largest absolute Gasteiger partial charge is 0.487 e. The Bertz CT molecular complexity index is 838. The lowest BCUT2D eigenvalue weighted by Crippen LogP contribution is -2.49. The van der Waals surface area contributed by atoms with Crippen molar-refractivity contribution in [1.82, 2.24) is 10.2 Å². The Labute approximate surface area is 226 Å². The van der Waals surface area contributed by atoms with Crippen LogP contribution in [0.1, 0.15) is 49.1 Å². The maximum Gasteiger partial charge on any atom is 0.148 e. The van der Waals surface area contributed by atoms with Gasteiger partial charge < -0.3 is 20.1 Å². The summed E-state index contributed by atoms with van der Waals surface area (Å²) in [5, 5.41) is 15.1. The topological polar surface area (TPSA) is 44.7 Å². The van der Waals surface area contributed by atoms with Gasteiger partial charge in [0.1, 0.15) is 12.4 Å². The minimum atomic E-state index is -0.644. The Morgan fingerprint density at radius 3 is 2.18 bits per heavy atom. The Hall–Kier alpha value is -0.340. The molecule has 2 aliphatic rings. The van der Waals surface area contributed by atoms with E-state index >= 15 is 0 Å². The molecule has 2 aromatic rings. The maximum atomic E-state index is 11.7. The summed E-state index contributed by atoms with van der Waals surface area (Å²) < 4.78 is 7.99. The Morgan fingerprint density at radius 1 is 0.970 bits per heavy atom. The van der Waals surface area contributed by atoms with E-state index in [-0.39, 0.29) is 30.7 Å². The van der Waals surface area contributed by atoms with E-state index in [2.05, 4.69) is 66.3 Å². The van der Waals surface area contributed by atoms with Crippen molar-refractivity contribution < 1.29 is 9.84 Å². The number of nitrogens with zero attached hydrogens (tertiary/aromatic N) is 1. The molecule has 8 heteroatoms. The van der Waals surface area contributed by atoms with Gasteiger partial charge in [0, 0.05) is 38.6 Å². The van der Waals surface area contributed by atoms with Gasteiger partial charge in [0.15, 0.2) is 0 Å². The Kier molecular flexibility index (Phi) is 12.0. The van der Waals surface area contributed by atoms with Crippen LogP contribution in [0.5, 0.6) is 5.75 Å². The quantitative estimate of drug-likeness (QED) is 0.379. The van der Waals surface area contributed by atoms with E-state index in [4.69, 9.17) is 4.74 Å². The highest BCUT2D eigenvalue weighted by Gasteiger charge is 2.40. The molecule has 0 spiro atoms. The molecular weight excluding hydrogens is 591 g/mol. The lowest BCUT2D eigenvalue weighted by atomic mass is 9.72. The van der Waals surface area contributed by atoms with Crippen molar-refractivity contribution in [2.75, 3.05) is 32.7 Å². The summed E-state index contributed by atoms with van der Waals surface area (Å²) in [4.78, 5) is 2.50. The molecule has 1 atom stereocenters. The molecule has 1 saturated heterocycles. The average molecular weight is 625 g/mol. The van der Waals surface area contributed by atoms with Crippen molar-refractivity contribution in [1.29, 1.82) is 0 Å². The van der Waals surface area contributed by atoms with Crippen LogP contribution < -0.4 is 10.1 Å². The molecule has 1 unspecified atom stereocenters. The number of piperazine rings is 1. The van der Waals surface area contributed by atoms with Gasteiger partial charge in [0.25, 0.3) is 0 Å². The second kappa shape index (κ2) is 13.7. The summed E-state index contributed by atoms with van der Waals surface area (Å²) in [6.45, 7) is 5.52. The predicted octanol–water partition coefficient (Wildman–Crippen LogP) is 6.32. The highest BCUT2D eigenvalue weighted by atomic mass is 79.9. The highest BCUT2D eigenvalue weighted by molar-refractivity contribution is 9.11. The number of nitrogens with one attached hydrogen (secondary N) is 1. The third kappa shape index (κ3) is 7.57. The normalized spacial score (nSPS) is 19.1. The maximum absolute atomic E-state index is 11.7. The molecule has 4 nitrogen and oxygen atoms in total. The van der Waals surface area contributed by atoms with E-state index in [0.717, 1.165) is 78.7 Å². The molecule has 2 aromatic carbocycles. The molecule has 0 amide bonds. The van der Waals surface area contributed by atoms with Crippen LogP contribution in [-0.2, 0) is 6.61 Å². The van der Waals surface area contributed by atoms with Gasteiger partial charge in [0.2, 0.25) is 0 Å². The Balaban J connectivity index is 0.00000193. The molecule has 0 radical (unpaired) electrons. The van der Waals surface area contributed by atoms with Crippen molar-refractivity contribution >= 4 is 56.7 Å². The lowest BCUT2D eigenvalue weighted by molar-refractivity contribution is -0.0317. The highest BCUT2D eigenvalue weighted by Crippen LogP contribution is 2.44. The fraction of sp³-hybridized carbons (Fsp3) is 0.520. The van der Waals surface area contributed by atoms with Crippen molar-refractivity contribution in [3.8, 4) is 5.75 Å². The summed E-state index contributed by atoms with van der Waals surface area (Å²) in [6, 6.07) is 14.5. The minimum Gasteiger partial charge on any atom is -0.487 e. The number of hydrogen-bond donors (Lipinski definition) is 2. The van der Waals surface area contributed by atoms with Crippen LogP contribution >= 0.6 is 56.7 Å². The van der Waals surface area contributed by atoms with E-state index in [1.165, 1.54) is 12.0 Å². The van der Waals surface area contributed by atoms with Crippen molar-refractivity contribution in [2.24, 2.45) is 0 Å². The van der Waals surface area contributed by atoms with Crippen LogP contribution in [0.3, 0.4) is 0 Å². The molecule has 1 saturated carbocycles. The zero-order valence-electron chi connectivity index (χ0n) is 18.8. The molecule has 1 aliphatic heterocycles. The lowest BCUT2D eigenvalue weighted by Gasteiger charge is -2.42. The summed E-state index contributed by atoms with van der Waals surface area (Å²) >= 11 is 7.49. The fourth-order valence-corrected chi connectivity index (χ4v) is 6.35. The molecule has 2 fully saturated rings.